The van der Waals surface area contributed by atoms with Crippen LogP contribution in [0.15, 0.2) is 42.5 Å². The smallest absolute Gasteiger partial charge is 0.0320 e. The molecule has 15 heavy (non-hydrogen) atoms. The molecule has 1 heteroatoms. The van der Waals surface area contributed by atoms with Crippen molar-refractivity contribution in [1.82, 2.24) is 5.32 Å². The number of hydrogen-bond donors (Lipinski definition) is 1. The van der Waals surface area contributed by atoms with Gasteiger partial charge >= 0.3 is 0 Å². The lowest BCUT2D eigenvalue weighted by atomic mass is 10.0. The first-order valence-electron chi connectivity index (χ1n) is 5.65. The highest BCUT2D eigenvalue weighted by Crippen LogP contribution is 2.25. The molecular formula is C14H15N. The van der Waals surface area contributed by atoms with Gasteiger partial charge in [-0.05, 0) is 41.8 Å². The van der Waals surface area contributed by atoms with Gasteiger partial charge in [-0.25, -0.2) is 0 Å². The van der Waals surface area contributed by atoms with Gasteiger partial charge in [-0.1, -0.05) is 36.4 Å². The molecule has 0 spiro atoms. The Labute approximate surface area is 90.1 Å². The standard InChI is InChI=1S/C14H15N/c1-2-5-12-10-13(8-7-11(12)4-1)14-6-3-9-15-14/h1-2,4-5,7-8,10,14-15H,3,6,9H2/t14-/m0/s1. The third-order valence-electron chi connectivity index (χ3n) is 3.24. The van der Waals surface area contributed by atoms with Crippen molar-refractivity contribution >= 4 is 10.8 Å². The van der Waals surface area contributed by atoms with Crippen LogP contribution in [0.25, 0.3) is 10.8 Å². The molecule has 1 N–H and O–H groups in total. The third kappa shape index (κ3) is 1.64. The van der Waals surface area contributed by atoms with E-state index in [1.165, 1.54) is 29.2 Å². The lowest BCUT2D eigenvalue weighted by Gasteiger charge is -2.11. The van der Waals surface area contributed by atoms with Crippen LogP contribution in [0.4, 0.5) is 0 Å². The van der Waals surface area contributed by atoms with Crippen molar-refractivity contribution in [3.63, 3.8) is 0 Å². The van der Waals surface area contributed by atoms with Crippen molar-refractivity contribution in [2.45, 2.75) is 18.9 Å². The number of rotatable bonds is 1. The van der Waals surface area contributed by atoms with Gasteiger partial charge in [0, 0.05) is 6.04 Å². The molecule has 0 radical (unpaired) electrons. The van der Waals surface area contributed by atoms with Crippen molar-refractivity contribution < 1.29 is 0 Å². The van der Waals surface area contributed by atoms with Crippen LogP contribution in [-0.2, 0) is 0 Å². The van der Waals surface area contributed by atoms with E-state index in [0.717, 1.165) is 6.54 Å². The van der Waals surface area contributed by atoms with Crippen LogP contribution in [0, 0.1) is 0 Å². The highest BCUT2D eigenvalue weighted by atomic mass is 14.9. The summed E-state index contributed by atoms with van der Waals surface area (Å²) in [6.07, 6.45) is 2.58. The lowest BCUT2D eigenvalue weighted by Crippen LogP contribution is -2.12. The fraction of sp³-hybridized carbons (Fsp3) is 0.286. The molecule has 1 fully saturated rings. The summed E-state index contributed by atoms with van der Waals surface area (Å²) in [5.74, 6) is 0. The van der Waals surface area contributed by atoms with Gasteiger partial charge in [0.25, 0.3) is 0 Å². The molecule has 1 aliphatic rings. The first-order chi connectivity index (χ1) is 7.43. The molecule has 76 valence electrons. The molecule has 2 aromatic carbocycles. The van der Waals surface area contributed by atoms with Crippen molar-refractivity contribution in [2.75, 3.05) is 6.54 Å². The van der Waals surface area contributed by atoms with E-state index in [4.69, 9.17) is 0 Å². The maximum Gasteiger partial charge on any atom is 0.0320 e. The Morgan fingerprint density at radius 3 is 2.67 bits per heavy atom. The largest absolute Gasteiger partial charge is 0.310 e. The van der Waals surface area contributed by atoms with E-state index in [1.54, 1.807) is 0 Å². The average molecular weight is 197 g/mol. The molecule has 0 aromatic heterocycles. The highest BCUT2D eigenvalue weighted by molar-refractivity contribution is 5.83. The summed E-state index contributed by atoms with van der Waals surface area (Å²) in [5.41, 5.74) is 1.44. The second-order valence-electron chi connectivity index (χ2n) is 4.26. The van der Waals surface area contributed by atoms with Crippen LogP contribution in [0.1, 0.15) is 24.4 Å². The van der Waals surface area contributed by atoms with E-state index in [9.17, 15) is 0 Å². The molecule has 1 nitrogen and oxygen atoms in total. The topological polar surface area (TPSA) is 12.0 Å². The monoisotopic (exact) mass is 197 g/mol. The molecule has 1 heterocycles. The van der Waals surface area contributed by atoms with Gasteiger partial charge in [-0.3, -0.25) is 0 Å². The quantitative estimate of drug-likeness (QED) is 0.740. The normalized spacial score (nSPS) is 20.9. The molecule has 1 saturated heterocycles. The van der Waals surface area contributed by atoms with Gasteiger partial charge in [0.05, 0.1) is 0 Å². The molecule has 0 saturated carbocycles. The Morgan fingerprint density at radius 1 is 1.00 bits per heavy atom. The van der Waals surface area contributed by atoms with E-state index < -0.39 is 0 Å². The van der Waals surface area contributed by atoms with Gasteiger partial charge in [0.2, 0.25) is 0 Å². The van der Waals surface area contributed by atoms with Crippen LogP contribution >= 0.6 is 0 Å². The molecule has 2 aromatic rings. The fourth-order valence-corrected chi connectivity index (χ4v) is 2.39. The lowest BCUT2D eigenvalue weighted by molar-refractivity contribution is 0.648. The van der Waals surface area contributed by atoms with E-state index in [-0.39, 0.29) is 0 Å². The van der Waals surface area contributed by atoms with Crippen LogP contribution in [0.3, 0.4) is 0 Å². The minimum atomic E-state index is 0.578. The van der Waals surface area contributed by atoms with E-state index in [0.29, 0.717) is 6.04 Å². The maximum atomic E-state index is 3.54. The van der Waals surface area contributed by atoms with Crippen LogP contribution in [0.2, 0.25) is 0 Å². The maximum absolute atomic E-state index is 3.54. The third-order valence-corrected chi connectivity index (χ3v) is 3.24. The van der Waals surface area contributed by atoms with Gasteiger partial charge < -0.3 is 5.32 Å². The summed E-state index contributed by atoms with van der Waals surface area (Å²) in [6.45, 7) is 1.16. The summed E-state index contributed by atoms with van der Waals surface area (Å²) in [6, 6.07) is 15.9. The molecule has 3 rings (SSSR count). The van der Waals surface area contributed by atoms with Crippen molar-refractivity contribution in [3.05, 3.63) is 48.0 Å². The number of nitrogens with one attached hydrogen (secondary N) is 1. The Kier molecular flexibility index (Phi) is 2.18. The zero-order chi connectivity index (χ0) is 10.1. The number of benzene rings is 2. The van der Waals surface area contributed by atoms with Gasteiger partial charge in [0.1, 0.15) is 0 Å². The van der Waals surface area contributed by atoms with Crippen molar-refractivity contribution in [3.8, 4) is 0 Å². The SMILES string of the molecule is c1ccc2cc([C@@H]3CCCN3)ccc2c1. The van der Waals surface area contributed by atoms with Gasteiger partial charge in [0.15, 0.2) is 0 Å². The van der Waals surface area contributed by atoms with Crippen molar-refractivity contribution in [1.29, 1.82) is 0 Å². The summed E-state index contributed by atoms with van der Waals surface area (Å²) < 4.78 is 0. The molecule has 1 atom stereocenters. The zero-order valence-electron chi connectivity index (χ0n) is 8.74. The minimum absolute atomic E-state index is 0.578. The van der Waals surface area contributed by atoms with Crippen LogP contribution < -0.4 is 5.32 Å². The summed E-state index contributed by atoms with van der Waals surface area (Å²) in [7, 11) is 0. The molecule has 1 aliphatic heterocycles. The van der Waals surface area contributed by atoms with Crippen LogP contribution in [0.5, 0.6) is 0 Å². The predicted molar refractivity (Wildman–Crippen MR) is 63.9 cm³/mol. The van der Waals surface area contributed by atoms with E-state index in [2.05, 4.69) is 47.8 Å². The summed E-state index contributed by atoms with van der Waals surface area (Å²) in [5, 5.41) is 6.22. The second-order valence-corrected chi connectivity index (χ2v) is 4.26. The zero-order valence-corrected chi connectivity index (χ0v) is 8.74. The fourth-order valence-electron chi connectivity index (χ4n) is 2.39. The van der Waals surface area contributed by atoms with Gasteiger partial charge in [-0.15, -0.1) is 0 Å². The molecular weight excluding hydrogens is 182 g/mol. The molecule has 0 aliphatic carbocycles. The summed E-state index contributed by atoms with van der Waals surface area (Å²) in [4.78, 5) is 0. The molecule has 0 unspecified atom stereocenters. The minimum Gasteiger partial charge on any atom is -0.310 e. The predicted octanol–water partition coefficient (Wildman–Crippen LogP) is 3.26. The second kappa shape index (κ2) is 3.67. The summed E-state index contributed by atoms with van der Waals surface area (Å²) >= 11 is 0. The first kappa shape index (κ1) is 8.93. The van der Waals surface area contributed by atoms with E-state index >= 15 is 0 Å². The Bertz CT molecular complexity index is 469. The Morgan fingerprint density at radius 2 is 1.87 bits per heavy atom. The first-order valence-corrected chi connectivity index (χ1v) is 5.65. The molecule has 0 amide bonds. The Hall–Kier alpha value is -1.34. The van der Waals surface area contributed by atoms with Crippen LogP contribution in [-0.4, -0.2) is 6.54 Å². The average Bonchev–Trinajstić information content (AvgIpc) is 2.82. The molecule has 0 bridgehead atoms. The van der Waals surface area contributed by atoms with Gasteiger partial charge in [-0.2, -0.15) is 0 Å². The number of fused-ring (bicyclic) bond motifs is 1. The van der Waals surface area contributed by atoms with E-state index in [1.807, 2.05) is 0 Å². The van der Waals surface area contributed by atoms with Crippen molar-refractivity contribution in [2.24, 2.45) is 0 Å². The highest BCUT2D eigenvalue weighted by Gasteiger charge is 2.15. The number of hydrogen-bond acceptors (Lipinski definition) is 1. The Balaban J connectivity index is 2.05.